The fraction of sp³-hybridized carbons (Fsp3) is 1.00. The van der Waals surface area contributed by atoms with Gasteiger partial charge in [0.05, 0.1) is 6.17 Å². The maximum atomic E-state index is 8.00. The third-order valence-electron chi connectivity index (χ3n) is 1.39. The molecule has 0 aromatic rings. The summed E-state index contributed by atoms with van der Waals surface area (Å²) >= 11 is 0. The van der Waals surface area contributed by atoms with Crippen molar-refractivity contribution in [1.29, 1.82) is 0 Å². The third kappa shape index (κ3) is 5.97. The first-order valence-electron chi connectivity index (χ1n) is 3.50. The number of quaternary nitrogens is 1. The molecule has 0 radical (unpaired) electrons. The molecule has 0 aliphatic heterocycles. The monoisotopic (exact) mass is 149 g/mol. The molecule has 1 atom stereocenters. The van der Waals surface area contributed by atoms with Crippen molar-refractivity contribution in [2.75, 3.05) is 13.1 Å². The summed E-state index contributed by atoms with van der Waals surface area (Å²) in [5, 5.41) is 8.00. The molecule has 0 spiro atoms. The Morgan fingerprint density at radius 1 is 1.40 bits per heavy atom. The Hall–Kier alpha value is -0.160. The maximum Gasteiger partial charge on any atom is 0.0542 e. The zero-order valence-electron chi connectivity index (χ0n) is 7.13. The van der Waals surface area contributed by atoms with Gasteiger partial charge in [0, 0.05) is 0 Å². The molecule has 0 amide bonds. The molecule has 0 aromatic carbocycles. The van der Waals surface area contributed by atoms with Gasteiger partial charge in [-0.1, -0.05) is 13.8 Å². The predicted octanol–water partition coefficient (Wildman–Crippen LogP) is -0.641. The van der Waals surface area contributed by atoms with Crippen LogP contribution in [0.3, 0.4) is 0 Å². The molecule has 4 nitrogen and oxygen atoms in total. The zero-order valence-corrected chi connectivity index (χ0v) is 7.13. The van der Waals surface area contributed by atoms with Gasteiger partial charge in [0.1, 0.15) is 0 Å². The molecule has 0 fully saturated rings. The van der Waals surface area contributed by atoms with E-state index in [1.807, 2.05) is 12.8 Å². The molecule has 0 aliphatic rings. The standard InChI is InChI=1S/C6H16N2.H3NO/c1-4-8(5-2)6(3)7;1-2/h6H,4-5,7H2,1-3H3;1H3. The van der Waals surface area contributed by atoms with Crippen molar-refractivity contribution in [2.24, 2.45) is 5.73 Å². The van der Waals surface area contributed by atoms with E-state index in [-0.39, 0.29) is 6.17 Å². The number of rotatable bonds is 3. The first-order valence-corrected chi connectivity index (χ1v) is 3.50. The third-order valence-corrected chi connectivity index (χ3v) is 1.39. The maximum absolute atomic E-state index is 8.00. The van der Waals surface area contributed by atoms with Crippen LogP contribution in [0.2, 0.25) is 0 Å². The van der Waals surface area contributed by atoms with E-state index in [9.17, 15) is 0 Å². The SMILES string of the molecule is CCN(CC)C(C)N.[NH3+][O-]. The first-order chi connectivity index (χ1) is 4.72. The molecule has 0 saturated heterocycles. The molecular weight excluding hydrogens is 130 g/mol. The molecule has 0 aliphatic carbocycles. The average molecular weight is 149 g/mol. The van der Waals surface area contributed by atoms with E-state index in [2.05, 4.69) is 18.7 Å². The molecule has 0 aromatic heterocycles. The van der Waals surface area contributed by atoms with Crippen LogP contribution in [0.1, 0.15) is 20.8 Å². The number of hydrogen-bond acceptors (Lipinski definition) is 3. The second-order valence-electron chi connectivity index (χ2n) is 1.96. The molecule has 1 unspecified atom stereocenters. The van der Waals surface area contributed by atoms with Crippen LogP contribution >= 0.6 is 0 Å². The van der Waals surface area contributed by atoms with Crippen molar-refractivity contribution in [2.45, 2.75) is 26.9 Å². The van der Waals surface area contributed by atoms with Gasteiger partial charge in [-0.25, -0.2) is 0 Å². The van der Waals surface area contributed by atoms with Gasteiger partial charge in [-0.3, -0.25) is 4.90 Å². The summed E-state index contributed by atoms with van der Waals surface area (Å²) in [6.07, 6.45) is 0.213. The Morgan fingerprint density at radius 3 is 1.70 bits per heavy atom. The first kappa shape index (κ1) is 12.5. The van der Waals surface area contributed by atoms with Crippen LogP contribution in [0.15, 0.2) is 0 Å². The molecule has 0 rings (SSSR count). The normalized spacial score (nSPS) is 12.3. The lowest BCUT2D eigenvalue weighted by molar-refractivity contribution is -0.275. The highest BCUT2D eigenvalue weighted by Gasteiger charge is 2.01. The highest BCUT2D eigenvalue weighted by atomic mass is 16.4. The van der Waals surface area contributed by atoms with Gasteiger partial charge in [0.15, 0.2) is 0 Å². The van der Waals surface area contributed by atoms with E-state index in [1.165, 1.54) is 0 Å². The van der Waals surface area contributed by atoms with Crippen molar-refractivity contribution in [3.63, 3.8) is 0 Å². The lowest BCUT2D eigenvalue weighted by atomic mass is 10.4. The van der Waals surface area contributed by atoms with Crippen LogP contribution in [-0.4, -0.2) is 24.2 Å². The highest BCUT2D eigenvalue weighted by Crippen LogP contribution is 1.88. The van der Waals surface area contributed by atoms with E-state index < -0.39 is 0 Å². The molecule has 4 heteroatoms. The second-order valence-corrected chi connectivity index (χ2v) is 1.96. The van der Waals surface area contributed by atoms with Gasteiger partial charge in [-0.15, -0.1) is 0 Å². The van der Waals surface area contributed by atoms with E-state index in [0.29, 0.717) is 0 Å². The average Bonchev–Trinajstić information content (AvgIpc) is 1.94. The fourth-order valence-corrected chi connectivity index (χ4v) is 0.800. The summed E-state index contributed by atoms with van der Waals surface area (Å²) in [4.78, 5) is 2.19. The van der Waals surface area contributed by atoms with E-state index in [4.69, 9.17) is 10.9 Å². The Labute approximate surface area is 62.8 Å². The van der Waals surface area contributed by atoms with Gasteiger partial charge in [-0.05, 0) is 20.0 Å². The van der Waals surface area contributed by atoms with Crippen molar-refractivity contribution >= 4 is 0 Å². The Morgan fingerprint density at radius 2 is 1.70 bits per heavy atom. The Kier molecular flexibility index (Phi) is 11.1. The van der Waals surface area contributed by atoms with Crippen LogP contribution in [0.4, 0.5) is 0 Å². The smallest absolute Gasteiger partial charge is 0.0542 e. The number of nitrogens with zero attached hydrogens (tertiary/aromatic N) is 1. The minimum absolute atomic E-state index is 0.213. The molecule has 0 bridgehead atoms. The van der Waals surface area contributed by atoms with Crippen molar-refractivity contribution in [1.82, 2.24) is 4.90 Å². The van der Waals surface area contributed by atoms with Crippen LogP contribution in [0, 0.1) is 5.21 Å². The van der Waals surface area contributed by atoms with E-state index >= 15 is 0 Å². The summed E-state index contributed by atoms with van der Waals surface area (Å²) in [5.41, 5.74) is 5.58. The van der Waals surface area contributed by atoms with Crippen molar-refractivity contribution in [3.8, 4) is 0 Å². The lowest BCUT2D eigenvalue weighted by Crippen LogP contribution is -2.39. The van der Waals surface area contributed by atoms with Crippen LogP contribution < -0.4 is 11.6 Å². The van der Waals surface area contributed by atoms with Crippen LogP contribution in [0.25, 0.3) is 0 Å². The van der Waals surface area contributed by atoms with Crippen molar-refractivity contribution in [3.05, 3.63) is 5.21 Å². The van der Waals surface area contributed by atoms with Crippen LogP contribution in [0.5, 0.6) is 0 Å². The molecule has 5 N–H and O–H groups in total. The Bertz CT molecular complexity index is 55.0. The van der Waals surface area contributed by atoms with Crippen molar-refractivity contribution < 1.29 is 5.90 Å². The van der Waals surface area contributed by atoms with Gasteiger partial charge >= 0.3 is 0 Å². The largest absolute Gasteiger partial charge is 0.637 e. The summed E-state index contributed by atoms with van der Waals surface area (Å²) in [6, 6.07) is 0. The zero-order chi connectivity index (χ0) is 8.57. The molecule has 0 heterocycles. The molecule has 0 saturated carbocycles. The summed E-state index contributed by atoms with van der Waals surface area (Å²) in [7, 11) is 0. The van der Waals surface area contributed by atoms with Gasteiger partial charge < -0.3 is 16.8 Å². The molecular formula is C6H19N3O. The fourth-order valence-electron chi connectivity index (χ4n) is 0.800. The highest BCUT2D eigenvalue weighted by molar-refractivity contribution is 4.54. The minimum Gasteiger partial charge on any atom is -0.637 e. The van der Waals surface area contributed by atoms with Gasteiger partial charge in [-0.2, -0.15) is 0 Å². The quantitative estimate of drug-likeness (QED) is 0.413. The summed E-state index contributed by atoms with van der Waals surface area (Å²) in [5.74, 6) is 2.00. The minimum atomic E-state index is 0.213. The predicted molar refractivity (Wildman–Crippen MR) is 42.8 cm³/mol. The second kappa shape index (κ2) is 8.84. The van der Waals surface area contributed by atoms with Gasteiger partial charge in [0.2, 0.25) is 0 Å². The van der Waals surface area contributed by atoms with Gasteiger partial charge in [0.25, 0.3) is 0 Å². The van der Waals surface area contributed by atoms with Crippen LogP contribution in [-0.2, 0) is 0 Å². The summed E-state index contributed by atoms with van der Waals surface area (Å²) in [6.45, 7) is 8.34. The molecule has 64 valence electrons. The van der Waals surface area contributed by atoms with E-state index in [0.717, 1.165) is 13.1 Å². The van der Waals surface area contributed by atoms with E-state index in [1.54, 1.807) is 0 Å². The summed E-state index contributed by atoms with van der Waals surface area (Å²) < 4.78 is 0. The molecule has 10 heavy (non-hydrogen) atoms. The Balaban J connectivity index is 0. The number of hydrogen-bond donors (Lipinski definition) is 2. The topological polar surface area (TPSA) is 80.0 Å². The number of nitrogens with two attached hydrogens (primary N) is 1. The lowest BCUT2D eigenvalue weighted by Gasteiger charge is -2.21.